The first-order chi connectivity index (χ1) is 32.9. The fraction of sp³-hybridized carbons (Fsp3) is 0.163. The Morgan fingerprint density at radius 1 is 0.597 bits per heavy atom. The van der Waals surface area contributed by atoms with Crippen molar-refractivity contribution in [3.8, 4) is 34.3 Å². The zero-order valence-electron chi connectivity index (χ0n) is 35.5. The number of imidazole rings is 1. The van der Waals surface area contributed by atoms with Crippen LogP contribution in [-0.4, -0.2) is 102 Å². The van der Waals surface area contributed by atoms with Gasteiger partial charge in [0.05, 0.1) is 48.9 Å². The molecular weight excluding hydrogens is 1070 g/mol. The van der Waals surface area contributed by atoms with E-state index in [0.717, 1.165) is 33.4 Å². The van der Waals surface area contributed by atoms with Crippen LogP contribution < -0.4 is 9.47 Å². The van der Waals surface area contributed by atoms with E-state index in [1.54, 1.807) is 61.6 Å². The number of aryl methyl sites for hydroxylation is 1. The molecule has 3 aliphatic rings. The van der Waals surface area contributed by atoms with E-state index in [1.165, 1.54) is 33.8 Å². The molecule has 8 aromatic rings. The molecule has 0 N–H and O–H groups in total. The Hall–Kier alpha value is -7.02. The van der Waals surface area contributed by atoms with Crippen LogP contribution in [0.15, 0.2) is 151 Å². The number of amides is 4. The van der Waals surface area contributed by atoms with Crippen molar-refractivity contribution >= 4 is 55.4 Å². The zero-order valence-corrected chi connectivity index (χ0v) is 39.6. The average molecular weight is 1110 g/mol. The van der Waals surface area contributed by atoms with Crippen LogP contribution in [0.1, 0.15) is 47.9 Å². The number of nitrogens with zero attached hydrogens (tertiary/aromatic N) is 8. The van der Waals surface area contributed by atoms with Crippen LogP contribution in [0.4, 0.5) is 0 Å². The van der Waals surface area contributed by atoms with Gasteiger partial charge >= 0.3 is 27.2 Å². The summed E-state index contributed by atoms with van der Waals surface area (Å²) in [6.45, 7) is 1.60. The molecule has 15 nitrogen and oxygen atoms in total. The molecule has 0 saturated carbocycles. The maximum absolute atomic E-state index is 13.4. The summed E-state index contributed by atoms with van der Waals surface area (Å²) in [5.41, 5.74) is 4.84. The Morgan fingerprint density at radius 3 is 1.49 bits per heavy atom. The second-order valence-corrected chi connectivity index (χ2v) is 15.6. The van der Waals surface area contributed by atoms with Crippen molar-refractivity contribution < 1.29 is 51.0 Å². The molecule has 4 amide bonds. The number of halogens is 1. The number of ether oxygens (including phenoxy) is 3. The predicted octanol–water partition coefficient (Wildman–Crippen LogP) is 8.21. The van der Waals surface area contributed by atoms with E-state index in [1.807, 2.05) is 94.3 Å². The molecule has 339 valence electrons. The monoisotopic (exact) mass is 1110 g/mol. The van der Waals surface area contributed by atoms with Gasteiger partial charge < -0.3 is 18.8 Å². The van der Waals surface area contributed by atoms with Gasteiger partial charge in [-0.15, -0.1) is 11.3 Å². The SMILES string of the molecule is O=C1c2ccc3c4c(ccc(c24)C(=O)N1CCCn1ccnc1)C(=O)N(CCOCC1COc2cscc2O1)C3=O.[Cl][Os].c1ccc(-c2ccccn2)nc1.c1ccc(-c2ccccn2)nc1. The first-order valence-electron chi connectivity index (χ1n) is 20.9. The molecule has 3 aliphatic heterocycles. The van der Waals surface area contributed by atoms with Gasteiger partial charge in [0.15, 0.2) is 17.6 Å². The molecule has 0 bridgehead atoms. The first kappa shape index (κ1) is 46.5. The second-order valence-electron chi connectivity index (χ2n) is 14.8. The van der Waals surface area contributed by atoms with Crippen molar-refractivity contribution in [1.29, 1.82) is 0 Å². The van der Waals surface area contributed by atoms with Crippen LogP contribution in [0.5, 0.6) is 11.5 Å². The summed E-state index contributed by atoms with van der Waals surface area (Å²) in [6, 6.07) is 29.5. The minimum absolute atomic E-state index is 0.0436. The van der Waals surface area contributed by atoms with Crippen molar-refractivity contribution in [3.05, 3.63) is 174 Å². The largest absolute Gasteiger partial charge is 0.255 e. The smallest absolute Gasteiger partial charge is 0.0886 e. The second kappa shape index (κ2) is 22.4. The van der Waals surface area contributed by atoms with Gasteiger partial charge in [-0.05, 0) is 79.2 Å². The third-order valence-electron chi connectivity index (χ3n) is 10.7. The Labute approximate surface area is 403 Å². The molecule has 1 unspecified atom stereocenters. The van der Waals surface area contributed by atoms with E-state index in [9.17, 15) is 19.2 Å². The van der Waals surface area contributed by atoms with Gasteiger partial charge in [-0.25, -0.2) is 4.98 Å². The standard InChI is InChI=1S/C29H24N4O7S.2C10H8N2.ClH.Os/c34-26-18-2-4-20-25-21(5-3-19(24(18)25)27(35)32(26)8-1-7-31-9-6-30-16-31)29(37)33(28(20)36)10-11-38-12-17-13-39-22-14-41-15-23(22)40-17;2*1-3-7-11-9(5-1)10-6-2-4-8-12-10;;/h2-6,9,14-17H,1,7-8,10-13H2;2*1-8H;1H;/q;;;;+1/p-1. The van der Waals surface area contributed by atoms with E-state index < -0.39 is 23.6 Å². The van der Waals surface area contributed by atoms with Crippen LogP contribution in [0.25, 0.3) is 33.5 Å². The third-order valence-corrected chi connectivity index (χ3v) is 11.4. The molecular formula is C49H40ClN8O7OsS. The Bertz CT molecular complexity index is 2730. The molecule has 0 saturated heterocycles. The molecule has 11 rings (SSSR count). The van der Waals surface area contributed by atoms with Gasteiger partial charge in [0.25, 0.3) is 23.6 Å². The van der Waals surface area contributed by atoms with Gasteiger partial charge in [-0.3, -0.25) is 48.9 Å². The van der Waals surface area contributed by atoms with Gasteiger partial charge in [0, 0.05) is 94.1 Å². The van der Waals surface area contributed by atoms with Crippen molar-refractivity contribution in [2.24, 2.45) is 0 Å². The van der Waals surface area contributed by atoms with E-state index in [2.05, 4.69) is 34.6 Å². The number of rotatable bonds is 11. The van der Waals surface area contributed by atoms with Crippen molar-refractivity contribution in [3.63, 3.8) is 0 Å². The summed E-state index contributed by atoms with van der Waals surface area (Å²) in [5, 5.41) is 4.45. The molecule has 0 fully saturated rings. The van der Waals surface area contributed by atoms with Gasteiger partial charge in [0.2, 0.25) is 0 Å². The van der Waals surface area contributed by atoms with Gasteiger partial charge in [-0.1, -0.05) is 24.3 Å². The first-order valence-corrected chi connectivity index (χ1v) is 25.0. The number of benzene rings is 2. The van der Waals surface area contributed by atoms with Crippen LogP contribution in [0.3, 0.4) is 0 Å². The third kappa shape index (κ3) is 10.7. The average Bonchev–Trinajstić information content (AvgIpc) is 4.11. The summed E-state index contributed by atoms with van der Waals surface area (Å²) in [4.78, 5) is 76.8. The van der Waals surface area contributed by atoms with Crippen LogP contribution in [0.2, 0.25) is 0 Å². The van der Waals surface area contributed by atoms with Gasteiger partial charge in [-0.2, -0.15) is 0 Å². The summed E-state index contributed by atoms with van der Waals surface area (Å²) in [6.07, 6.45) is 12.5. The van der Waals surface area contributed by atoms with Gasteiger partial charge in [0.1, 0.15) is 6.61 Å². The maximum Gasteiger partial charge on any atom is 0.0886 e. The number of pyridine rings is 4. The fourth-order valence-electron chi connectivity index (χ4n) is 7.58. The Balaban J connectivity index is 0.000000189. The van der Waals surface area contributed by atoms with Crippen molar-refractivity contribution in [2.75, 3.05) is 32.9 Å². The number of carbonyl (C=O) groups is 4. The van der Waals surface area contributed by atoms with E-state index in [-0.39, 0.29) is 43.5 Å². The van der Waals surface area contributed by atoms with Crippen molar-refractivity contribution in [1.82, 2.24) is 39.3 Å². The number of fused-ring (bicyclic) bond motifs is 1. The topological polar surface area (TPSA) is 172 Å². The number of hydrogen-bond acceptors (Lipinski definition) is 13. The number of imide groups is 2. The molecule has 0 spiro atoms. The predicted molar refractivity (Wildman–Crippen MR) is 247 cm³/mol. The summed E-state index contributed by atoms with van der Waals surface area (Å²) < 4.78 is 19.1. The summed E-state index contributed by atoms with van der Waals surface area (Å²) >= 11 is 2.83. The molecule has 18 heteroatoms. The summed E-state index contributed by atoms with van der Waals surface area (Å²) in [7, 11) is 4.67. The normalized spacial score (nSPS) is 14.3. The molecule has 9 heterocycles. The minimum atomic E-state index is -0.488. The van der Waals surface area contributed by atoms with Crippen LogP contribution in [0, 0.1) is 0 Å². The van der Waals surface area contributed by atoms with E-state index in [4.69, 9.17) is 14.2 Å². The number of carbonyl (C=O) groups excluding carboxylic acids is 4. The number of thiophene rings is 1. The molecule has 6 aromatic heterocycles. The minimum Gasteiger partial charge on any atom is -0.255 e. The number of hydrogen-bond donors (Lipinski definition) is 0. The number of aromatic nitrogens is 6. The van der Waals surface area contributed by atoms with Crippen LogP contribution >= 0.6 is 21.0 Å². The molecule has 67 heavy (non-hydrogen) atoms. The zero-order chi connectivity index (χ0) is 46.5. The molecule has 0 radical (unpaired) electrons. The van der Waals surface area contributed by atoms with E-state index in [0.29, 0.717) is 47.2 Å². The molecule has 2 aromatic carbocycles. The fourth-order valence-corrected chi connectivity index (χ4v) is 8.25. The maximum atomic E-state index is 13.4. The molecule has 1 atom stereocenters. The quantitative estimate of drug-likeness (QED) is 0.0900. The Kier molecular flexibility index (Phi) is 15.6. The van der Waals surface area contributed by atoms with Crippen molar-refractivity contribution in [2.45, 2.75) is 19.1 Å². The Morgan fingerprint density at radius 2 is 1.06 bits per heavy atom. The molecule has 0 aliphatic carbocycles. The van der Waals surface area contributed by atoms with E-state index >= 15 is 0 Å². The van der Waals surface area contributed by atoms with Crippen LogP contribution in [-0.2, 0) is 28.9 Å². The summed E-state index contributed by atoms with van der Waals surface area (Å²) in [5.74, 6) is -0.443.